The number of nitrogens with zero attached hydrogens (tertiary/aromatic N) is 3. The van der Waals surface area contributed by atoms with E-state index in [2.05, 4.69) is 11.2 Å². The van der Waals surface area contributed by atoms with Gasteiger partial charge in [-0.25, -0.2) is 4.68 Å². The topological polar surface area (TPSA) is 91.3 Å². The molecule has 0 radical (unpaired) electrons. The zero-order chi connectivity index (χ0) is 22.6. The largest absolute Gasteiger partial charge is 0.487 e. The summed E-state index contributed by atoms with van der Waals surface area (Å²) in [6.45, 7) is 1.76. The number of alkyl halides is 3. The minimum atomic E-state index is -4.79. The van der Waals surface area contributed by atoms with E-state index in [0.717, 1.165) is 5.69 Å². The minimum absolute atomic E-state index is 0.0350. The Morgan fingerprint density at radius 3 is 2.32 bits per heavy atom. The molecule has 3 rings (SSSR count). The van der Waals surface area contributed by atoms with Crippen LogP contribution in [0.5, 0.6) is 5.75 Å². The predicted molar refractivity (Wildman–Crippen MR) is 105 cm³/mol. The summed E-state index contributed by atoms with van der Waals surface area (Å²) in [6.07, 6.45) is -9.73. The first-order valence-corrected chi connectivity index (χ1v) is 9.40. The Hall–Kier alpha value is -3.35. The van der Waals surface area contributed by atoms with Gasteiger partial charge in [-0.3, -0.25) is 0 Å². The Kier molecular flexibility index (Phi) is 6.63. The summed E-state index contributed by atoms with van der Waals surface area (Å²) in [5.41, 5.74) is 2.51. The van der Waals surface area contributed by atoms with Crippen molar-refractivity contribution < 1.29 is 28.1 Å². The fourth-order valence-electron chi connectivity index (χ4n) is 3.06. The lowest BCUT2D eigenvalue weighted by Gasteiger charge is -2.18. The lowest BCUT2D eigenvalue weighted by atomic mass is 10.0. The molecule has 9 heteroatoms. The van der Waals surface area contributed by atoms with Gasteiger partial charge in [0.15, 0.2) is 6.10 Å². The van der Waals surface area contributed by atoms with Crippen molar-refractivity contribution in [1.29, 1.82) is 5.26 Å². The molecule has 1 aromatic heterocycles. The monoisotopic (exact) mass is 431 g/mol. The number of benzene rings is 2. The zero-order valence-corrected chi connectivity index (χ0v) is 16.5. The molecular weight excluding hydrogens is 411 g/mol. The van der Waals surface area contributed by atoms with Crippen molar-refractivity contribution in [3.05, 3.63) is 77.1 Å². The molecule has 2 atom stereocenters. The molecule has 3 aromatic rings. The zero-order valence-electron chi connectivity index (χ0n) is 16.5. The summed E-state index contributed by atoms with van der Waals surface area (Å²) >= 11 is 0. The highest BCUT2D eigenvalue weighted by Gasteiger charge is 2.39. The van der Waals surface area contributed by atoms with E-state index >= 15 is 0 Å². The summed E-state index contributed by atoms with van der Waals surface area (Å²) in [5, 5.41) is 33.0. The molecule has 2 aromatic carbocycles. The lowest BCUT2D eigenvalue weighted by Crippen LogP contribution is -2.30. The first-order chi connectivity index (χ1) is 14.7. The normalized spacial score (nSPS) is 13.5. The summed E-state index contributed by atoms with van der Waals surface area (Å²) < 4.78 is 44.8. The Bertz CT molecular complexity index is 1060. The van der Waals surface area contributed by atoms with Crippen LogP contribution in [-0.4, -0.2) is 32.3 Å². The van der Waals surface area contributed by atoms with E-state index in [1.807, 2.05) is 30.3 Å². The summed E-state index contributed by atoms with van der Waals surface area (Å²) in [6, 6.07) is 17.2. The van der Waals surface area contributed by atoms with Crippen LogP contribution in [0.25, 0.3) is 5.69 Å². The first kappa shape index (κ1) is 22.3. The second-order valence-electron chi connectivity index (χ2n) is 6.93. The number of rotatable bonds is 7. The first-order valence-electron chi connectivity index (χ1n) is 9.40. The molecule has 162 valence electrons. The molecule has 0 aliphatic heterocycles. The van der Waals surface area contributed by atoms with Crippen LogP contribution in [0, 0.1) is 18.3 Å². The van der Waals surface area contributed by atoms with E-state index in [1.54, 1.807) is 11.6 Å². The Morgan fingerprint density at radius 1 is 1.10 bits per heavy atom. The maximum atomic E-state index is 12.5. The third kappa shape index (κ3) is 5.23. The molecule has 0 saturated carbocycles. The molecule has 6 nitrogen and oxygen atoms in total. The van der Waals surface area contributed by atoms with Crippen molar-refractivity contribution in [2.45, 2.75) is 38.3 Å². The van der Waals surface area contributed by atoms with Gasteiger partial charge in [-0.15, -0.1) is 0 Å². The van der Waals surface area contributed by atoms with Gasteiger partial charge in [-0.1, -0.05) is 30.3 Å². The van der Waals surface area contributed by atoms with Crippen LogP contribution in [0.1, 0.15) is 35.0 Å². The van der Waals surface area contributed by atoms with Crippen LogP contribution in [-0.2, 0) is 6.61 Å². The van der Waals surface area contributed by atoms with Crippen molar-refractivity contribution in [3.8, 4) is 17.5 Å². The highest BCUT2D eigenvalue weighted by molar-refractivity contribution is 5.43. The highest BCUT2D eigenvalue weighted by Crippen LogP contribution is 2.29. The number of para-hydroxylation sites is 1. The Morgan fingerprint density at radius 2 is 1.74 bits per heavy atom. The average Bonchev–Trinajstić information content (AvgIpc) is 3.07. The van der Waals surface area contributed by atoms with Gasteiger partial charge in [-0.2, -0.15) is 23.5 Å². The van der Waals surface area contributed by atoms with E-state index in [-0.39, 0.29) is 12.2 Å². The van der Waals surface area contributed by atoms with Crippen LogP contribution >= 0.6 is 0 Å². The van der Waals surface area contributed by atoms with Gasteiger partial charge in [0.1, 0.15) is 24.0 Å². The number of aromatic nitrogens is 2. The fourth-order valence-corrected chi connectivity index (χ4v) is 3.06. The molecule has 2 unspecified atom stereocenters. The van der Waals surface area contributed by atoms with E-state index in [9.17, 15) is 23.5 Å². The van der Waals surface area contributed by atoms with Crippen molar-refractivity contribution in [1.82, 2.24) is 9.78 Å². The van der Waals surface area contributed by atoms with Crippen molar-refractivity contribution in [2.75, 3.05) is 0 Å². The van der Waals surface area contributed by atoms with Crippen LogP contribution < -0.4 is 4.74 Å². The van der Waals surface area contributed by atoms with Crippen molar-refractivity contribution >= 4 is 0 Å². The third-order valence-corrected chi connectivity index (χ3v) is 4.73. The second-order valence-corrected chi connectivity index (χ2v) is 6.93. The molecular formula is C22H20F3N3O3. The van der Waals surface area contributed by atoms with Crippen molar-refractivity contribution in [3.63, 3.8) is 0 Å². The third-order valence-electron chi connectivity index (χ3n) is 4.73. The van der Waals surface area contributed by atoms with E-state index in [1.165, 1.54) is 24.3 Å². The molecule has 31 heavy (non-hydrogen) atoms. The summed E-state index contributed by atoms with van der Waals surface area (Å²) in [5.74, 6) is 0.398. The number of halogens is 3. The molecule has 0 spiro atoms. The van der Waals surface area contributed by atoms with E-state index < -0.39 is 24.8 Å². The maximum Gasteiger partial charge on any atom is 0.414 e. The Labute approximate surface area is 176 Å². The molecule has 1 heterocycles. The summed E-state index contributed by atoms with van der Waals surface area (Å²) in [4.78, 5) is 0. The lowest BCUT2D eigenvalue weighted by molar-refractivity contribution is -0.211. The smallest absolute Gasteiger partial charge is 0.414 e. The predicted octanol–water partition coefficient (Wildman–Crippen LogP) is 3.98. The van der Waals surface area contributed by atoms with E-state index in [4.69, 9.17) is 9.84 Å². The highest BCUT2D eigenvalue weighted by atomic mass is 19.4. The molecule has 0 aliphatic rings. The molecule has 0 saturated heterocycles. The van der Waals surface area contributed by atoms with Crippen LogP contribution in [0.3, 0.4) is 0 Å². The number of aliphatic hydroxyl groups is 2. The molecule has 0 bridgehead atoms. The van der Waals surface area contributed by atoms with Gasteiger partial charge in [0.25, 0.3) is 0 Å². The number of nitriles is 1. The second kappa shape index (κ2) is 9.20. The van der Waals surface area contributed by atoms with Crippen LogP contribution in [0.15, 0.2) is 54.6 Å². The number of aliphatic hydroxyl groups excluding tert-OH is 2. The van der Waals surface area contributed by atoms with Crippen LogP contribution in [0.2, 0.25) is 0 Å². The van der Waals surface area contributed by atoms with Crippen molar-refractivity contribution in [2.24, 2.45) is 0 Å². The number of aryl methyl sites for hydroxylation is 1. The van der Waals surface area contributed by atoms with Gasteiger partial charge >= 0.3 is 6.18 Å². The van der Waals surface area contributed by atoms with Gasteiger partial charge in [0.2, 0.25) is 0 Å². The maximum absolute atomic E-state index is 12.5. The van der Waals surface area contributed by atoms with Gasteiger partial charge in [0, 0.05) is 6.42 Å². The molecule has 0 amide bonds. The standard InChI is InChI=1S/C22H20F3N3O3/c1-14-18(12-26)19(28(27-14)16-5-3-2-4-6-16)13-31-17-9-7-15(8-10-17)20(29)11-21(30)22(23,24)25/h2-10,20-21,29-30H,11,13H2,1H3. The molecule has 0 fully saturated rings. The molecule has 0 aliphatic carbocycles. The quantitative estimate of drug-likeness (QED) is 0.591. The number of hydrogen-bond acceptors (Lipinski definition) is 5. The number of ether oxygens (including phenoxy) is 1. The fraction of sp³-hybridized carbons (Fsp3) is 0.273. The van der Waals surface area contributed by atoms with E-state index in [0.29, 0.717) is 22.7 Å². The average molecular weight is 431 g/mol. The van der Waals surface area contributed by atoms with Gasteiger partial charge in [0.05, 0.1) is 23.2 Å². The summed E-state index contributed by atoms with van der Waals surface area (Å²) in [7, 11) is 0. The number of hydrogen-bond donors (Lipinski definition) is 2. The van der Waals surface area contributed by atoms with Crippen LogP contribution in [0.4, 0.5) is 13.2 Å². The SMILES string of the molecule is Cc1nn(-c2ccccc2)c(COc2ccc(C(O)CC(O)C(F)(F)F)cc2)c1C#N. The Balaban J connectivity index is 1.73. The van der Waals surface area contributed by atoms with Gasteiger partial charge < -0.3 is 14.9 Å². The van der Waals surface area contributed by atoms with Gasteiger partial charge in [-0.05, 0) is 36.8 Å². The minimum Gasteiger partial charge on any atom is -0.487 e. The molecule has 2 N–H and O–H groups in total.